The predicted octanol–water partition coefficient (Wildman–Crippen LogP) is 0.0211. The number of amides is 2. The molecule has 1 aromatic heterocycles. The van der Waals surface area contributed by atoms with E-state index < -0.39 is 5.69 Å². The lowest BCUT2D eigenvalue weighted by Gasteiger charge is -2.27. The number of hydrogen-bond acceptors (Lipinski definition) is 6. The fraction of sp³-hybridized carbons (Fsp3) is 0.476. The minimum atomic E-state index is -0.420. The maximum Gasteiger partial charge on any atom is 0.354 e. The molecule has 0 atom stereocenters. The third-order valence-electron chi connectivity index (χ3n) is 5.55. The van der Waals surface area contributed by atoms with Gasteiger partial charge in [-0.25, -0.2) is 9.59 Å². The Morgan fingerprint density at radius 2 is 1.87 bits per heavy atom. The number of nitrogens with zero attached hydrogens (tertiary/aromatic N) is 3. The monoisotopic (exact) mass is 411 g/mol. The number of rotatable bonds is 7. The smallest absolute Gasteiger partial charge is 0.322 e. The lowest BCUT2D eigenvalue weighted by molar-refractivity contribution is 0.204. The standard InChI is InChI=1S/C21H29N7O2/c29-20(27-11-8-22-9-12-27)25-19-6-10-28(21(30)26-19)18-3-1-16(2-4-18)5-7-23-13-17-14-24-15-17/h1-4,6,10,17,22-24H,5,7-9,11-15H2,(H,25,26,29,30). The molecule has 4 rings (SSSR count). The van der Waals surface area contributed by atoms with Gasteiger partial charge in [0.25, 0.3) is 0 Å². The number of carbonyl (C=O) groups is 1. The number of piperazine rings is 1. The van der Waals surface area contributed by atoms with Crippen LogP contribution in [0.1, 0.15) is 5.56 Å². The molecule has 160 valence electrons. The molecule has 2 aliphatic rings. The van der Waals surface area contributed by atoms with Crippen molar-refractivity contribution in [2.24, 2.45) is 5.92 Å². The number of anilines is 1. The second-order valence-electron chi connectivity index (χ2n) is 7.78. The van der Waals surface area contributed by atoms with Crippen molar-refractivity contribution in [1.29, 1.82) is 0 Å². The van der Waals surface area contributed by atoms with Crippen LogP contribution in [0.4, 0.5) is 10.6 Å². The van der Waals surface area contributed by atoms with E-state index in [-0.39, 0.29) is 11.8 Å². The van der Waals surface area contributed by atoms with Crippen LogP contribution in [0, 0.1) is 5.92 Å². The van der Waals surface area contributed by atoms with Gasteiger partial charge < -0.3 is 20.9 Å². The van der Waals surface area contributed by atoms with Crippen molar-refractivity contribution < 1.29 is 4.79 Å². The first-order chi connectivity index (χ1) is 14.7. The molecule has 0 bridgehead atoms. The molecule has 0 unspecified atom stereocenters. The Morgan fingerprint density at radius 1 is 1.10 bits per heavy atom. The lowest BCUT2D eigenvalue weighted by Crippen LogP contribution is -2.48. The Hall–Kier alpha value is -2.75. The molecule has 30 heavy (non-hydrogen) atoms. The Kier molecular flexibility index (Phi) is 6.73. The molecular formula is C21H29N7O2. The summed E-state index contributed by atoms with van der Waals surface area (Å²) in [6.45, 7) is 7.05. The Bertz CT molecular complexity index is 902. The quantitative estimate of drug-likeness (QED) is 0.479. The van der Waals surface area contributed by atoms with Crippen LogP contribution in [0.5, 0.6) is 0 Å². The van der Waals surface area contributed by atoms with Crippen LogP contribution in [0.15, 0.2) is 41.3 Å². The van der Waals surface area contributed by atoms with Gasteiger partial charge in [0.1, 0.15) is 5.82 Å². The molecule has 1 aromatic carbocycles. The molecule has 0 saturated carbocycles. The summed E-state index contributed by atoms with van der Waals surface area (Å²) in [6, 6.07) is 9.34. The molecule has 2 aliphatic heterocycles. The molecule has 0 spiro atoms. The summed E-state index contributed by atoms with van der Waals surface area (Å²) in [4.78, 5) is 30.4. The fourth-order valence-electron chi connectivity index (χ4n) is 3.58. The van der Waals surface area contributed by atoms with Gasteiger partial charge in [-0.3, -0.25) is 9.88 Å². The van der Waals surface area contributed by atoms with Crippen LogP contribution < -0.4 is 27.0 Å². The number of nitrogens with one attached hydrogen (secondary N) is 4. The summed E-state index contributed by atoms with van der Waals surface area (Å²) in [5.41, 5.74) is 1.56. The van der Waals surface area contributed by atoms with E-state index in [1.807, 2.05) is 24.3 Å². The summed E-state index contributed by atoms with van der Waals surface area (Å²) in [7, 11) is 0. The van der Waals surface area contributed by atoms with Crippen molar-refractivity contribution in [3.05, 3.63) is 52.6 Å². The number of hydrogen-bond donors (Lipinski definition) is 4. The molecule has 9 heteroatoms. The molecule has 0 aliphatic carbocycles. The van der Waals surface area contributed by atoms with E-state index in [1.54, 1.807) is 17.2 Å². The zero-order chi connectivity index (χ0) is 20.8. The summed E-state index contributed by atoms with van der Waals surface area (Å²) in [6.07, 6.45) is 2.59. The average molecular weight is 412 g/mol. The van der Waals surface area contributed by atoms with Gasteiger partial charge in [-0.2, -0.15) is 4.98 Å². The molecular weight excluding hydrogens is 382 g/mol. The topological polar surface area (TPSA) is 103 Å². The minimum absolute atomic E-state index is 0.229. The Morgan fingerprint density at radius 3 is 2.53 bits per heavy atom. The number of urea groups is 1. The van der Waals surface area contributed by atoms with Crippen molar-refractivity contribution in [2.75, 3.05) is 57.7 Å². The van der Waals surface area contributed by atoms with Gasteiger partial charge in [0, 0.05) is 52.0 Å². The first kappa shape index (κ1) is 20.5. The highest BCUT2D eigenvalue weighted by Gasteiger charge is 2.17. The Balaban J connectivity index is 1.31. The van der Waals surface area contributed by atoms with Gasteiger partial charge >= 0.3 is 11.7 Å². The van der Waals surface area contributed by atoms with Crippen LogP contribution in [-0.4, -0.2) is 72.8 Å². The maximum absolute atomic E-state index is 12.5. The van der Waals surface area contributed by atoms with Crippen molar-refractivity contribution in [3.8, 4) is 5.69 Å². The normalized spacial score (nSPS) is 16.9. The van der Waals surface area contributed by atoms with Gasteiger partial charge in [-0.15, -0.1) is 0 Å². The summed E-state index contributed by atoms with van der Waals surface area (Å²) < 4.78 is 1.48. The average Bonchev–Trinajstić information content (AvgIpc) is 2.74. The largest absolute Gasteiger partial charge is 0.354 e. The zero-order valence-electron chi connectivity index (χ0n) is 17.1. The second kappa shape index (κ2) is 9.84. The maximum atomic E-state index is 12.5. The van der Waals surface area contributed by atoms with Gasteiger partial charge in [-0.1, -0.05) is 12.1 Å². The van der Waals surface area contributed by atoms with Crippen molar-refractivity contribution in [3.63, 3.8) is 0 Å². The lowest BCUT2D eigenvalue weighted by atomic mass is 10.0. The van der Waals surface area contributed by atoms with E-state index in [4.69, 9.17) is 0 Å². The highest BCUT2D eigenvalue weighted by molar-refractivity contribution is 5.88. The molecule has 9 nitrogen and oxygen atoms in total. The van der Waals surface area contributed by atoms with Crippen molar-refractivity contribution in [2.45, 2.75) is 6.42 Å². The van der Waals surface area contributed by atoms with Gasteiger partial charge in [0.2, 0.25) is 0 Å². The number of aromatic nitrogens is 2. The van der Waals surface area contributed by atoms with Gasteiger partial charge in [-0.05, 0) is 42.6 Å². The molecule has 3 heterocycles. The highest BCUT2D eigenvalue weighted by Crippen LogP contribution is 2.10. The molecule has 2 saturated heterocycles. The first-order valence-corrected chi connectivity index (χ1v) is 10.6. The summed E-state index contributed by atoms with van der Waals surface area (Å²) in [5.74, 6) is 1.03. The molecule has 2 aromatic rings. The van der Waals surface area contributed by atoms with E-state index in [2.05, 4.69) is 26.3 Å². The van der Waals surface area contributed by atoms with E-state index in [0.717, 1.165) is 57.3 Å². The van der Waals surface area contributed by atoms with Crippen LogP contribution in [0.25, 0.3) is 5.69 Å². The van der Waals surface area contributed by atoms with E-state index in [1.165, 1.54) is 10.1 Å². The highest BCUT2D eigenvalue weighted by atomic mass is 16.2. The van der Waals surface area contributed by atoms with Crippen LogP contribution in [0.3, 0.4) is 0 Å². The van der Waals surface area contributed by atoms with Gasteiger partial charge in [0.05, 0.1) is 5.69 Å². The van der Waals surface area contributed by atoms with E-state index >= 15 is 0 Å². The third-order valence-corrected chi connectivity index (χ3v) is 5.55. The number of benzene rings is 1. The zero-order valence-corrected chi connectivity index (χ0v) is 17.1. The van der Waals surface area contributed by atoms with Crippen molar-refractivity contribution >= 4 is 11.8 Å². The second-order valence-corrected chi connectivity index (χ2v) is 7.78. The van der Waals surface area contributed by atoms with Crippen LogP contribution in [0.2, 0.25) is 0 Å². The first-order valence-electron chi connectivity index (χ1n) is 10.6. The fourth-order valence-corrected chi connectivity index (χ4v) is 3.58. The number of carbonyl (C=O) groups excluding carboxylic acids is 1. The summed E-state index contributed by atoms with van der Waals surface area (Å²) in [5, 5.41) is 12.7. The predicted molar refractivity (Wildman–Crippen MR) is 116 cm³/mol. The minimum Gasteiger partial charge on any atom is -0.322 e. The molecule has 2 amide bonds. The summed E-state index contributed by atoms with van der Waals surface area (Å²) >= 11 is 0. The van der Waals surface area contributed by atoms with Crippen LogP contribution >= 0.6 is 0 Å². The van der Waals surface area contributed by atoms with Gasteiger partial charge in [0.15, 0.2) is 0 Å². The van der Waals surface area contributed by atoms with Crippen LogP contribution in [-0.2, 0) is 6.42 Å². The third kappa shape index (κ3) is 5.24. The Labute approximate surface area is 175 Å². The SMILES string of the molecule is O=C(Nc1ccn(-c2ccc(CCNCC3CNC3)cc2)c(=O)n1)N1CCNCC1. The molecule has 0 radical (unpaired) electrons. The van der Waals surface area contributed by atoms with E-state index in [0.29, 0.717) is 13.1 Å². The van der Waals surface area contributed by atoms with Crippen molar-refractivity contribution in [1.82, 2.24) is 30.4 Å². The molecule has 4 N–H and O–H groups in total. The molecule has 2 fully saturated rings. The van der Waals surface area contributed by atoms with E-state index in [9.17, 15) is 9.59 Å².